The van der Waals surface area contributed by atoms with Crippen molar-refractivity contribution in [2.24, 2.45) is 0 Å². The highest BCUT2D eigenvalue weighted by molar-refractivity contribution is 7.90. The zero-order chi connectivity index (χ0) is 14.8. The van der Waals surface area contributed by atoms with Crippen LogP contribution in [0.3, 0.4) is 0 Å². The van der Waals surface area contributed by atoms with Gasteiger partial charge in [0.1, 0.15) is 16.2 Å². The minimum absolute atomic E-state index is 0.0311. The van der Waals surface area contributed by atoms with Crippen molar-refractivity contribution < 1.29 is 23.1 Å². The number of para-hydroxylation sites is 1. The minimum atomic E-state index is -3.52. The Balaban J connectivity index is 2.49. The summed E-state index contributed by atoms with van der Waals surface area (Å²) < 4.78 is 28.6. The number of pyridine rings is 1. The molecule has 0 aliphatic rings. The molecule has 2 aromatic rings. The van der Waals surface area contributed by atoms with Gasteiger partial charge in [0.05, 0.1) is 0 Å². The van der Waals surface area contributed by atoms with E-state index >= 15 is 0 Å². The van der Waals surface area contributed by atoms with Gasteiger partial charge in [-0.05, 0) is 24.3 Å². The quantitative estimate of drug-likeness (QED) is 0.926. The summed E-state index contributed by atoms with van der Waals surface area (Å²) in [6, 6.07) is 8.75. The predicted octanol–water partition coefficient (Wildman–Crippen LogP) is 1.98. The van der Waals surface area contributed by atoms with Crippen molar-refractivity contribution in [2.45, 2.75) is 4.90 Å². The first kappa shape index (κ1) is 14.0. The maximum Gasteiger partial charge on any atom is 0.339 e. The van der Waals surface area contributed by atoms with Gasteiger partial charge in [0.2, 0.25) is 5.88 Å². The van der Waals surface area contributed by atoms with Gasteiger partial charge in [-0.15, -0.1) is 0 Å². The maximum atomic E-state index is 11.6. The average molecular weight is 293 g/mol. The lowest BCUT2D eigenvalue weighted by atomic mass is 10.2. The van der Waals surface area contributed by atoms with E-state index in [4.69, 9.17) is 9.84 Å². The highest BCUT2D eigenvalue weighted by Crippen LogP contribution is 2.28. The summed E-state index contributed by atoms with van der Waals surface area (Å²) in [6.07, 6.45) is 2.40. The van der Waals surface area contributed by atoms with Crippen molar-refractivity contribution in [1.82, 2.24) is 4.98 Å². The van der Waals surface area contributed by atoms with Gasteiger partial charge in [0.15, 0.2) is 9.84 Å². The van der Waals surface area contributed by atoms with Crippen LogP contribution in [0.1, 0.15) is 10.4 Å². The normalized spacial score (nSPS) is 11.1. The molecule has 0 unspecified atom stereocenters. The molecule has 0 amide bonds. The summed E-state index contributed by atoms with van der Waals surface area (Å²) in [5.74, 6) is -1.29. The fourth-order valence-electron chi connectivity index (χ4n) is 1.57. The van der Waals surface area contributed by atoms with Crippen LogP contribution < -0.4 is 4.74 Å². The Hall–Kier alpha value is -2.41. The second kappa shape index (κ2) is 5.30. The molecule has 20 heavy (non-hydrogen) atoms. The second-order valence-corrected chi connectivity index (χ2v) is 5.97. The summed E-state index contributed by atoms with van der Waals surface area (Å²) in [7, 11) is -3.52. The van der Waals surface area contributed by atoms with Gasteiger partial charge in [-0.25, -0.2) is 18.2 Å². The van der Waals surface area contributed by atoms with Gasteiger partial charge in [0.25, 0.3) is 0 Å². The Morgan fingerprint density at radius 1 is 1.20 bits per heavy atom. The van der Waals surface area contributed by atoms with Gasteiger partial charge in [-0.2, -0.15) is 0 Å². The minimum Gasteiger partial charge on any atom is -0.478 e. The zero-order valence-electron chi connectivity index (χ0n) is 10.5. The van der Waals surface area contributed by atoms with E-state index in [0.717, 1.165) is 6.26 Å². The van der Waals surface area contributed by atoms with Crippen molar-refractivity contribution in [3.63, 3.8) is 0 Å². The van der Waals surface area contributed by atoms with E-state index in [9.17, 15) is 13.2 Å². The van der Waals surface area contributed by atoms with Crippen molar-refractivity contribution in [3.8, 4) is 11.6 Å². The molecule has 0 bridgehead atoms. The Bertz CT molecular complexity index is 755. The van der Waals surface area contributed by atoms with E-state index in [2.05, 4.69) is 4.98 Å². The number of hydrogen-bond acceptors (Lipinski definition) is 5. The van der Waals surface area contributed by atoms with Crippen LogP contribution in [0.4, 0.5) is 0 Å². The fraction of sp³-hybridized carbons (Fsp3) is 0.0769. The summed E-state index contributed by atoms with van der Waals surface area (Å²) >= 11 is 0. The van der Waals surface area contributed by atoms with Crippen LogP contribution in [-0.4, -0.2) is 30.7 Å². The topological polar surface area (TPSA) is 93.6 Å². The molecule has 1 aromatic heterocycles. The van der Waals surface area contributed by atoms with Crippen molar-refractivity contribution >= 4 is 15.8 Å². The molecule has 1 aromatic carbocycles. The summed E-state index contributed by atoms with van der Waals surface area (Å²) in [4.78, 5) is 14.8. The first-order valence-electron chi connectivity index (χ1n) is 5.55. The van der Waals surface area contributed by atoms with Crippen molar-refractivity contribution in [1.29, 1.82) is 0 Å². The molecular weight excluding hydrogens is 282 g/mol. The molecule has 0 aliphatic heterocycles. The van der Waals surface area contributed by atoms with Crippen LogP contribution >= 0.6 is 0 Å². The largest absolute Gasteiger partial charge is 0.478 e. The number of carboxylic acids is 1. The molecule has 0 fully saturated rings. The average Bonchev–Trinajstić information content (AvgIpc) is 2.38. The van der Waals surface area contributed by atoms with Gasteiger partial charge >= 0.3 is 5.97 Å². The molecule has 0 saturated heterocycles. The first-order chi connectivity index (χ1) is 9.39. The third-order valence-corrected chi connectivity index (χ3v) is 3.57. The fourth-order valence-corrected chi connectivity index (χ4v) is 2.31. The number of benzene rings is 1. The number of aromatic nitrogens is 1. The highest BCUT2D eigenvalue weighted by Gasteiger charge is 2.18. The molecule has 6 nitrogen and oxygen atoms in total. The molecule has 1 N–H and O–H groups in total. The predicted molar refractivity (Wildman–Crippen MR) is 70.8 cm³/mol. The molecule has 1 heterocycles. The highest BCUT2D eigenvalue weighted by atomic mass is 32.2. The van der Waals surface area contributed by atoms with E-state index in [1.807, 2.05) is 0 Å². The molecular formula is C13H11NO5S. The Morgan fingerprint density at radius 2 is 1.90 bits per heavy atom. The van der Waals surface area contributed by atoms with E-state index < -0.39 is 15.8 Å². The third kappa shape index (κ3) is 2.94. The van der Waals surface area contributed by atoms with E-state index in [1.54, 1.807) is 12.1 Å². The molecule has 0 radical (unpaired) electrons. The summed E-state index contributed by atoms with van der Waals surface area (Å²) in [6.45, 7) is 0. The monoisotopic (exact) mass is 293 g/mol. The zero-order valence-corrected chi connectivity index (χ0v) is 11.3. The standard InChI is InChI=1S/C13H11NO5S/c1-20(17,18)11-7-4-8-14-12(11)19-10-6-3-2-5-9(10)13(15)16/h2-8H,1H3,(H,15,16). The van der Waals surface area contributed by atoms with Gasteiger partial charge < -0.3 is 9.84 Å². The number of aromatic carboxylic acids is 1. The Kier molecular flexibility index (Phi) is 3.71. The molecule has 0 spiro atoms. The van der Waals surface area contributed by atoms with Crippen LogP contribution in [0.5, 0.6) is 11.6 Å². The smallest absolute Gasteiger partial charge is 0.339 e. The number of hydrogen-bond donors (Lipinski definition) is 1. The first-order valence-corrected chi connectivity index (χ1v) is 7.44. The number of sulfone groups is 1. The SMILES string of the molecule is CS(=O)(=O)c1cccnc1Oc1ccccc1C(=O)O. The molecule has 7 heteroatoms. The summed E-state index contributed by atoms with van der Waals surface area (Å²) in [5.41, 5.74) is -0.0717. The molecule has 2 rings (SSSR count). The van der Waals surface area contributed by atoms with Gasteiger partial charge in [-0.1, -0.05) is 12.1 Å². The number of rotatable bonds is 4. The lowest BCUT2D eigenvalue weighted by molar-refractivity contribution is 0.0694. The van der Waals surface area contributed by atoms with E-state index in [-0.39, 0.29) is 22.1 Å². The maximum absolute atomic E-state index is 11.6. The van der Waals surface area contributed by atoms with Crippen LogP contribution in [0.15, 0.2) is 47.5 Å². The number of carbonyl (C=O) groups is 1. The lowest BCUT2D eigenvalue weighted by Crippen LogP contribution is -2.04. The Morgan fingerprint density at radius 3 is 2.55 bits per heavy atom. The van der Waals surface area contributed by atoms with Crippen LogP contribution in [0, 0.1) is 0 Å². The number of nitrogens with zero attached hydrogens (tertiary/aromatic N) is 1. The van der Waals surface area contributed by atoms with Crippen LogP contribution in [0.25, 0.3) is 0 Å². The molecule has 0 atom stereocenters. The van der Waals surface area contributed by atoms with Crippen molar-refractivity contribution in [3.05, 3.63) is 48.2 Å². The van der Waals surface area contributed by atoms with Gasteiger partial charge in [-0.3, -0.25) is 0 Å². The second-order valence-electron chi connectivity index (χ2n) is 3.98. The van der Waals surface area contributed by atoms with Gasteiger partial charge in [0, 0.05) is 12.5 Å². The van der Waals surface area contributed by atoms with E-state index in [0.29, 0.717) is 0 Å². The van der Waals surface area contributed by atoms with Crippen molar-refractivity contribution in [2.75, 3.05) is 6.26 Å². The number of ether oxygens (including phenoxy) is 1. The Labute approximate surface area is 115 Å². The lowest BCUT2D eigenvalue weighted by Gasteiger charge is -2.10. The molecule has 104 valence electrons. The van der Waals surface area contributed by atoms with Crippen LogP contribution in [0.2, 0.25) is 0 Å². The molecule has 0 aliphatic carbocycles. The number of carboxylic acid groups (broad SMARTS) is 1. The molecule has 0 saturated carbocycles. The summed E-state index contributed by atoms with van der Waals surface area (Å²) in [5, 5.41) is 9.05. The van der Waals surface area contributed by atoms with Crippen LogP contribution in [-0.2, 0) is 9.84 Å². The van der Waals surface area contributed by atoms with E-state index in [1.165, 1.54) is 30.5 Å². The third-order valence-electron chi connectivity index (χ3n) is 2.46.